The van der Waals surface area contributed by atoms with E-state index < -0.39 is 6.10 Å². The number of fused-ring (bicyclic) bond motifs is 1. The van der Waals surface area contributed by atoms with Gasteiger partial charge in [-0.05, 0) is 25.1 Å². The van der Waals surface area contributed by atoms with Crippen LogP contribution in [0.2, 0.25) is 5.02 Å². The highest BCUT2D eigenvalue weighted by atomic mass is 35.5. The minimum Gasteiger partial charge on any atom is -0.389 e. The Kier molecular flexibility index (Phi) is 2.50. The molecule has 0 saturated carbocycles. The Hall–Kier alpha value is -1.32. The van der Waals surface area contributed by atoms with Crippen LogP contribution in [-0.2, 0) is 0 Å². The van der Waals surface area contributed by atoms with Crippen LogP contribution in [0.3, 0.4) is 0 Å². The average molecular weight is 224 g/mol. The lowest BCUT2D eigenvalue weighted by molar-refractivity contribution is 0.198. The van der Waals surface area contributed by atoms with Crippen LogP contribution in [0.4, 0.5) is 0 Å². The lowest BCUT2D eigenvalue weighted by atomic mass is 10.1. The molecule has 1 atom stereocenters. The normalized spacial score (nSPS) is 13.0. The predicted octanol–water partition coefficient (Wildman–Crippen LogP) is 2.23. The smallest absolute Gasteiger partial charge is 0.195 e. The standard InChI is InChI=1S/C11H10ClNO2/c1-6(14)9-5-13-10-3-2-7(12)4-8(10)11(9)15/h2-6,14H,1H3,(H,13,15). The maximum atomic E-state index is 11.9. The largest absolute Gasteiger partial charge is 0.389 e. The lowest BCUT2D eigenvalue weighted by Crippen LogP contribution is -2.12. The van der Waals surface area contributed by atoms with Gasteiger partial charge in [-0.3, -0.25) is 4.79 Å². The van der Waals surface area contributed by atoms with E-state index in [1.165, 1.54) is 6.20 Å². The molecule has 15 heavy (non-hydrogen) atoms. The maximum absolute atomic E-state index is 11.9. The van der Waals surface area contributed by atoms with E-state index in [4.69, 9.17) is 11.6 Å². The second-order valence-corrected chi connectivity index (χ2v) is 3.88. The first-order chi connectivity index (χ1) is 7.09. The zero-order valence-corrected chi connectivity index (χ0v) is 8.88. The highest BCUT2D eigenvalue weighted by Gasteiger charge is 2.09. The van der Waals surface area contributed by atoms with Crippen molar-refractivity contribution in [3.05, 3.63) is 45.2 Å². The number of benzene rings is 1. The molecule has 1 unspecified atom stereocenters. The number of aromatic nitrogens is 1. The number of hydrogen-bond donors (Lipinski definition) is 2. The molecule has 4 heteroatoms. The summed E-state index contributed by atoms with van der Waals surface area (Å²) in [6.07, 6.45) is 0.751. The molecule has 2 aromatic rings. The molecule has 0 aliphatic carbocycles. The van der Waals surface area contributed by atoms with Crippen LogP contribution in [0.1, 0.15) is 18.6 Å². The van der Waals surface area contributed by atoms with Gasteiger partial charge in [-0.15, -0.1) is 0 Å². The summed E-state index contributed by atoms with van der Waals surface area (Å²) in [4.78, 5) is 14.8. The van der Waals surface area contributed by atoms with E-state index in [0.717, 1.165) is 0 Å². The van der Waals surface area contributed by atoms with Crippen molar-refractivity contribution >= 4 is 22.5 Å². The van der Waals surface area contributed by atoms with Crippen molar-refractivity contribution < 1.29 is 5.11 Å². The summed E-state index contributed by atoms with van der Waals surface area (Å²) in [5, 5.41) is 10.4. The van der Waals surface area contributed by atoms with Gasteiger partial charge in [0.15, 0.2) is 5.43 Å². The van der Waals surface area contributed by atoms with Crippen LogP contribution >= 0.6 is 11.6 Å². The Morgan fingerprint density at radius 3 is 2.87 bits per heavy atom. The number of aliphatic hydroxyl groups excluding tert-OH is 1. The van der Waals surface area contributed by atoms with E-state index in [0.29, 0.717) is 21.5 Å². The molecule has 0 aliphatic rings. The molecule has 0 spiro atoms. The predicted molar refractivity (Wildman–Crippen MR) is 60.2 cm³/mol. The summed E-state index contributed by atoms with van der Waals surface area (Å²) in [5.41, 5.74) is 0.889. The lowest BCUT2D eigenvalue weighted by Gasteiger charge is -2.05. The van der Waals surface area contributed by atoms with E-state index in [-0.39, 0.29) is 5.43 Å². The Bertz CT molecular complexity index is 560. The van der Waals surface area contributed by atoms with Crippen molar-refractivity contribution in [1.29, 1.82) is 0 Å². The van der Waals surface area contributed by atoms with E-state index in [1.54, 1.807) is 25.1 Å². The molecule has 0 aliphatic heterocycles. The van der Waals surface area contributed by atoms with Gasteiger partial charge in [-0.2, -0.15) is 0 Å². The summed E-state index contributed by atoms with van der Waals surface area (Å²) in [5.74, 6) is 0. The number of nitrogens with one attached hydrogen (secondary N) is 1. The highest BCUT2D eigenvalue weighted by Crippen LogP contribution is 2.16. The maximum Gasteiger partial charge on any atom is 0.195 e. The number of aliphatic hydroxyl groups is 1. The fourth-order valence-corrected chi connectivity index (χ4v) is 1.69. The van der Waals surface area contributed by atoms with Gasteiger partial charge in [-0.1, -0.05) is 11.6 Å². The molecule has 0 fully saturated rings. The summed E-state index contributed by atoms with van der Waals surface area (Å²) in [6.45, 7) is 1.56. The molecule has 3 nitrogen and oxygen atoms in total. The van der Waals surface area contributed by atoms with Crippen LogP contribution in [0.25, 0.3) is 10.9 Å². The van der Waals surface area contributed by atoms with Gasteiger partial charge in [0.05, 0.1) is 6.10 Å². The van der Waals surface area contributed by atoms with Crippen molar-refractivity contribution in [2.24, 2.45) is 0 Å². The molecule has 0 bridgehead atoms. The SMILES string of the molecule is CC(O)c1c[nH]c2ccc(Cl)cc2c1=O. The first-order valence-corrected chi connectivity index (χ1v) is 4.96. The molecule has 0 amide bonds. The monoisotopic (exact) mass is 223 g/mol. The Morgan fingerprint density at radius 2 is 2.20 bits per heavy atom. The van der Waals surface area contributed by atoms with E-state index in [9.17, 15) is 9.90 Å². The van der Waals surface area contributed by atoms with E-state index >= 15 is 0 Å². The van der Waals surface area contributed by atoms with Crippen molar-refractivity contribution in [3.8, 4) is 0 Å². The van der Waals surface area contributed by atoms with Gasteiger partial charge in [0, 0.05) is 27.7 Å². The molecule has 78 valence electrons. The average Bonchev–Trinajstić information content (AvgIpc) is 2.19. The Morgan fingerprint density at radius 1 is 1.47 bits per heavy atom. The fraction of sp³-hybridized carbons (Fsp3) is 0.182. The van der Waals surface area contributed by atoms with Crippen molar-refractivity contribution in [3.63, 3.8) is 0 Å². The van der Waals surface area contributed by atoms with Crippen molar-refractivity contribution in [2.75, 3.05) is 0 Å². The number of rotatable bonds is 1. The van der Waals surface area contributed by atoms with Gasteiger partial charge in [0.2, 0.25) is 0 Å². The summed E-state index contributed by atoms with van der Waals surface area (Å²) < 4.78 is 0. The Balaban J connectivity index is 2.83. The molecule has 0 saturated heterocycles. The number of aromatic amines is 1. The molecule has 1 aromatic heterocycles. The van der Waals surface area contributed by atoms with Crippen LogP contribution in [-0.4, -0.2) is 10.1 Å². The number of pyridine rings is 1. The molecule has 1 aromatic carbocycles. The molecule has 2 N–H and O–H groups in total. The number of H-pyrrole nitrogens is 1. The zero-order valence-electron chi connectivity index (χ0n) is 8.12. The second kappa shape index (κ2) is 3.68. The van der Waals surface area contributed by atoms with Gasteiger partial charge >= 0.3 is 0 Å². The van der Waals surface area contributed by atoms with Gasteiger partial charge in [-0.25, -0.2) is 0 Å². The minimum absolute atomic E-state index is 0.179. The highest BCUT2D eigenvalue weighted by molar-refractivity contribution is 6.31. The van der Waals surface area contributed by atoms with Crippen molar-refractivity contribution in [1.82, 2.24) is 4.98 Å². The van der Waals surface area contributed by atoms with E-state index in [1.807, 2.05) is 0 Å². The van der Waals surface area contributed by atoms with Crippen LogP contribution in [0.15, 0.2) is 29.2 Å². The molecule has 2 rings (SSSR count). The third-order valence-electron chi connectivity index (χ3n) is 2.32. The summed E-state index contributed by atoms with van der Waals surface area (Å²) in [7, 11) is 0. The zero-order chi connectivity index (χ0) is 11.0. The molecular weight excluding hydrogens is 214 g/mol. The minimum atomic E-state index is -0.780. The topological polar surface area (TPSA) is 53.1 Å². The van der Waals surface area contributed by atoms with Gasteiger partial charge in [0.25, 0.3) is 0 Å². The van der Waals surface area contributed by atoms with E-state index in [2.05, 4.69) is 4.98 Å². The third kappa shape index (κ3) is 1.76. The quantitative estimate of drug-likeness (QED) is 0.779. The molecule has 0 radical (unpaired) electrons. The summed E-state index contributed by atoms with van der Waals surface area (Å²) >= 11 is 5.81. The van der Waals surface area contributed by atoms with Gasteiger partial charge < -0.3 is 10.1 Å². The third-order valence-corrected chi connectivity index (χ3v) is 2.56. The first-order valence-electron chi connectivity index (χ1n) is 4.58. The van der Waals surface area contributed by atoms with Crippen LogP contribution in [0.5, 0.6) is 0 Å². The Labute approximate surface area is 91.3 Å². The van der Waals surface area contributed by atoms with Crippen LogP contribution in [0, 0.1) is 0 Å². The summed E-state index contributed by atoms with van der Waals surface area (Å²) in [6, 6.07) is 5.05. The molecule has 1 heterocycles. The second-order valence-electron chi connectivity index (χ2n) is 3.44. The number of hydrogen-bond acceptors (Lipinski definition) is 2. The van der Waals surface area contributed by atoms with Crippen LogP contribution < -0.4 is 5.43 Å². The first kappa shape index (κ1) is 10.2. The van der Waals surface area contributed by atoms with Crippen molar-refractivity contribution in [2.45, 2.75) is 13.0 Å². The van der Waals surface area contributed by atoms with Gasteiger partial charge in [0.1, 0.15) is 0 Å². The number of halogens is 1. The fourth-order valence-electron chi connectivity index (χ4n) is 1.52. The molecular formula is C11H10ClNO2.